The Balaban J connectivity index is 1.80. The minimum Gasteiger partial charge on any atom is -0.496 e. The number of sulfone groups is 1. The predicted molar refractivity (Wildman–Crippen MR) is 127 cm³/mol. The Hall–Kier alpha value is -2.97. The third kappa shape index (κ3) is 4.20. The standard InChI is InChI=1S/C25H28N2O5S/c1-16-8-10-20(31-4)18(12-16)25(14-24(2,3)15-32-25)22(28)13-33(29,30)21-7-5-6-19-17(21)9-11-23(26)27-19/h5-12H,13-15H2,1-4H3,(H2,26,27)/t25-/m0/s1. The van der Waals surface area contributed by atoms with Crippen LogP contribution in [0.5, 0.6) is 5.75 Å². The molecule has 174 valence electrons. The van der Waals surface area contributed by atoms with Crippen LogP contribution in [0.15, 0.2) is 53.4 Å². The van der Waals surface area contributed by atoms with Gasteiger partial charge in [-0.3, -0.25) is 4.79 Å². The predicted octanol–water partition coefficient (Wildman–Crippen LogP) is 3.82. The number of rotatable bonds is 6. The zero-order valence-corrected chi connectivity index (χ0v) is 20.0. The molecule has 0 spiro atoms. The second-order valence-corrected chi connectivity index (χ2v) is 11.4. The largest absolute Gasteiger partial charge is 0.496 e. The summed E-state index contributed by atoms with van der Waals surface area (Å²) in [6.07, 6.45) is 0.349. The second kappa shape index (κ2) is 8.11. The number of nitrogen functional groups attached to an aromatic ring is 1. The number of carbonyl (C=O) groups excluding carboxylic acids is 1. The zero-order valence-electron chi connectivity index (χ0n) is 19.2. The number of pyridine rings is 1. The highest BCUT2D eigenvalue weighted by Gasteiger charge is 2.53. The number of carbonyl (C=O) groups is 1. The Bertz CT molecular complexity index is 1350. The molecule has 4 rings (SSSR count). The molecule has 1 saturated heterocycles. The number of aromatic nitrogens is 1. The van der Waals surface area contributed by atoms with Gasteiger partial charge in [-0.25, -0.2) is 13.4 Å². The van der Waals surface area contributed by atoms with Crippen LogP contribution in [0.2, 0.25) is 0 Å². The normalized spacial score (nSPS) is 20.1. The molecule has 3 aromatic rings. The van der Waals surface area contributed by atoms with Crippen molar-refractivity contribution >= 4 is 32.3 Å². The van der Waals surface area contributed by atoms with Gasteiger partial charge in [-0.15, -0.1) is 0 Å². The SMILES string of the molecule is COc1ccc(C)cc1[C@]1(C(=O)CS(=O)(=O)c2cccc3nc(N)ccc23)CC(C)(C)CO1. The Labute approximate surface area is 193 Å². The molecule has 0 aliphatic carbocycles. The molecule has 1 aromatic heterocycles. The number of fused-ring (bicyclic) bond motifs is 1. The summed E-state index contributed by atoms with van der Waals surface area (Å²) in [6, 6.07) is 13.4. The average Bonchev–Trinajstić information content (AvgIpc) is 3.09. The van der Waals surface area contributed by atoms with Crippen LogP contribution >= 0.6 is 0 Å². The van der Waals surface area contributed by atoms with Gasteiger partial charge in [0, 0.05) is 10.9 Å². The van der Waals surface area contributed by atoms with Crippen LogP contribution in [0.25, 0.3) is 10.9 Å². The van der Waals surface area contributed by atoms with E-state index in [-0.39, 0.29) is 10.3 Å². The van der Waals surface area contributed by atoms with E-state index >= 15 is 0 Å². The van der Waals surface area contributed by atoms with E-state index in [1.807, 2.05) is 32.9 Å². The summed E-state index contributed by atoms with van der Waals surface area (Å²) in [5, 5.41) is 0.425. The van der Waals surface area contributed by atoms with Crippen molar-refractivity contribution in [1.29, 1.82) is 0 Å². The minimum absolute atomic E-state index is 0.0458. The number of aryl methyl sites for hydroxylation is 1. The number of methoxy groups -OCH3 is 1. The molecule has 0 bridgehead atoms. The number of ketones is 1. The van der Waals surface area contributed by atoms with Crippen molar-refractivity contribution in [2.75, 3.05) is 25.2 Å². The van der Waals surface area contributed by atoms with E-state index in [1.165, 1.54) is 13.2 Å². The summed E-state index contributed by atoms with van der Waals surface area (Å²) in [6.45, 7) is 6.24. The van der Waals surface area contributed by atoms with Crippen molar-refractivity contribution in [1.82, 2.24) is 4.98 Å². The van der Waals surface area contributed by atoms with E-state index in [9.17, 15) is 13.2 Å². The molecule has 8 heteroatoms. The van der Waals surface area contributed by atoms with Crippen LogP contribution < -0.4 is 10.5 Å². The van der Waals surface area contributed by atoms with E-state index in [0.29, 0.717) is 41.1 Å². The molecule has 2 N–H and O–H groups in total. The van der Waals surface area contributed by atoms with Crippen LogP contribution in [0.3, 0.4) is 0 Å². The first kappa shape index (κ1) is 23.2. The molecule has 0 saturated carbocycles. The maximum atomic E-state index is 13.8. The van der Waals surface area contributed by atoms with Gasteiger partial charge in [-0.1, -0.05) is 31.5 Å². The first-order chi connectivity index (χ1) is 15.5. The van der Waals surface area contributed by atoms with E-state index in [2.05, 4.69) is 4.98 Å². The third-order valence-electron chi connectivity index (χ3n) is 6.05. The van der Waals surface area contributed by atoms with Crippen LogP contribution in [-0.2, 0) is 25.0 Å². The Kier molecular flexibility index (Phi) is 5.70. The number of benzene rings is 2. The van der Waals surface area contributed by atoms with Gasteiger partial charge in [-0.2, -0.15) is 0 Å². The number of anilines is 1. The number of hydrogen-bond donors (Lipinski definition) is 1. The zero-order chi connectivity index (χ0) is 24.0. The van der Waals surface area contributed by atoms with Gasteiger partial charge in [-0.05, 0) is 55.2 Å². The average molecular weight is 469 g/mol. The fourth-order valence-electron chi connectivity index (χ4n) is 4.51. The number of Topliss-reactive ketones (excluding diaryl/α,β-unsaturated/α-hetero) is 1. The van der Waals surface area contributed by atoms with Crippen molar-refractivity contribution in [3.8, 4) is 5.75 Å². The van der Waals surface area contributed by atoms with E-state index in [1.54, 1.807) is 30.3 Å². The van der Waals surface area contributed by atoms with Crippen LogP contribution in [0, 0.1) is 12.3 Å². The lowest BCUT2D eigenvalue weighted by Crippen LogP contribution is -2.40. The Morgan fingerprint density at radius 2 is 1.94 bits per heavy atom. The maximum absolute atomic E-state index is 13.8. The van der Waals surface area contributed by atoms with Crippen molar-refractivity contribution < 1.29 is 22.7 Å². The highest BCUT2D eigenvalue weighted by Crippen LogP contribution is 2.49. The Morgan fingerprint density at radius 3 is 2.61 bits per heavy atom. The summed E-state index contributed by atoms with van der Waals surface area (Å²) < 4.78 is 38.7. The fourth-order valence-corrected chi connectivity index (χ4v) is 6.04. The molecule has 1 aliphatic rings. The molecule has 33 heavy (non-hydrogen) atoms. The molecule has 2 heterocycles. The summed E-state index contributed by atoms with van der Waals surface area (Å²) in [5.41, 5.74) is 5.96. The van der Waals surface area contributed by atoms with Crippen LogP contribution in [0.4, 0.5) is 5.82 Å². The van der Waals surface area contributed by atoms with Gasteiger partial charge in [0.2, 0.25) is 0 Å². The van der Waals surface area contributed by atoms with Crippen LogP contribution in [-0.4, -0.2) is 38.7 Å². The first-order valence-electron chi connectivity index (χ1n) is 10.7. The molecule has 0 radical (unpaired) electrons. The van der Waals surface area contributed by atoms with Gasteiger partial charge in [0.25, 0.3) is 0 Å². The molecular weight excluding hydrogens is 440 g/mol. The van der Waals surface area contributed by atoms with Crippen molar-refractivity contribution in [2.45, 2.75) is 37.7 Å². The van der Waals surface area contributed by atoms with Gasteiger partial charge in [0.05, 0.1) is 24.1 Å². The van der Waals surface area contributed by atoms with Gasteiger partial charge in [0.1, 0.15) is 17.3 Å². The third-order valence-corrected chi connectivity index (χ3v) is 7.72. The number of nitrogens with two attached hydrogens (primary N) is 1. The topological polar surface area (TPSA) is 109 Å². The summed E-state index contributed by atoms with van der Waals surface area (Å²) in [4.78, 5) is 18.1. The van der Waals surface area contributed by atoms with Crippen LogP contribution in [0.1, 0.15) is 31.4 Å². The summed E-state index contributed by atoms with van der Waals surface area (Å²) in [5.74, 6) is -0.435. The molecule has 0 amide bonds. The quantitative estimate of drug-likeness (QED) is 0.586. The highest BCUT2D eigenvalue weighted by molar-refractivity contribution is 7.92. The fraction of sp³-hybridized carbons (Fsp3) is 0.360. The molecular formula is C25H28N2O5S. The van der Waals surface area contributed by atoms with Gasteiger partial charge < -0.3 is 15.2 Å². The smallest absolute Gasteiger partial charge is 0.186 e. The minimum atomic E-state index is -4.00. The second-order valence-electron chi connectivity index (χ2n) is 9.40. The number of nitrogens with zero attached hydrogens (tertiary/aromatic N) is 1. The molecule has 1 aliphatic heterocycles. The summed E-state index contributed by atoms with van der Waals surface area (Å²) >= 11 is 0. The maximum Gasteiger partial charge on any atom is 0.186 e. The molecule has 0 unspecified atom stereocenters. The van der Waals surface area contributed by atoms with Crippen molar-refractivity contribution in [3.63, 3.8) is 0 Å². The number of hydrogen-bond acceptors (Lipinski definition) is 7. The molecule has 1 fully saturated rings. The van der Waals surface area contributed by atoms with E-state index < -0.39 is 27.0 Å². The molecule has 7 nitrogen and oxygen atoms in total. The van der Waals surface area contributed by atoms with Crippen molar-refractivity contribution in [3.05, 3.63) is 59.7 Å². The molecule has 2 aromatic carbocycles. The van der Waals surface area contributed by atoms with E-state index in [4.69, 9.17) is 15.2 Å². The Morgan fingerprint density at radius 1 is 1.18 bits per heavy atom. The lowest BCUT2D eigenvalue weighted by atomic mass is 9.78. The highest BCUT2D eigenvalue weighted by atomic mass is 32.2. The van der Waals surface area contributed by atoms with E-state index in [0.717, 1.165) is 5.56 Å². The lowest BCUT2D eigenvalue weighted by Gasteiger charge is -2.30. The molecule has 1 atom stereocenters. The van der Waals surface area contributed by atoms with Gasteiger partial charge in [0.15, 0.2) is 21.2 Å². The van der Waals surface area contributed by atoms with Crippen molar-refractivity contribution in [2.24, 2.45) is 5.41 Å². The number of ether oxygens (including phenoxy) is 2. The van der Waals surface area contributed by atoms with Gasteiger partial charge >= 0.3 is 0 Å². The monoisotopic (exact) mass is 468 g/mol. The summed E-state index contributed by atoms with van der Waals surface area (Å²) in [7, 11) is -2.47. The first-order valence-corrected chi connectivity index (χ1v) is 12.3. The lowest BCUT2D eigenvalue weighted by molar-refractivity contribution is -0.137.